The van der Waals surface area contributed by atoms with Gasteiger partial charge in [-0.1, -0.05) is 137 Å². The number of unbranched alkanes of at least 4 members (excludes halogenated alkanes) is 7. The predicted octanol–water partition coefficient (Wildman–Crippen LogP) is 11.2. The van der Waals surface area contributed by atoms with E-state index in [1.165, 1.54) is 19.3 Å². The number of epoxide rings is 1. The van der Waals surface area contributed by atoms with Crippen LogP contribution in [0.2, 0.25) is 0 Å². The monoisotopic (exact) mass is 846 g/mol. The molecule has 0 amide bonds. The third-order valence-corrected chi connectivity index (χ3v) is 10.3. The number of hydrogen-bond acceptors (Lipinski definition) is 9. The molecule has 1 heterocycles. The van der Waals surface area contributed by atoms with Crippen molar-refractivity contribution in [3.8, 4) is 0 Å². The van der Waals surface area contributed by atoms with Crippen molar-refractivity contribution in [1.29, 1.82) is 0 Å². The Morgan fingerprint density at radius 3 is 1.83 bits per heavy atom. The molecular formula is C48H80NO9P. The minimum atomic E-state index is -4.66. The van der Waals surface area contributed by atoms with Crippen LogP contribution in [0.4, 0.5) is 0 Å². The summed E-state index contributed by atoms with van der Waals surface area (Å²) in [5, 5.41) is 0. The van der Waals surface area contributed by atoms with Crippen LogP contribution in [0.25, 0.3) is 0 Å². The van der Waals surface area contributed by atoms with Crippen LogP contribution in [-0.2, 0) is 37.4 Å². The second kappa shape index (κ2) is 35.9. The first-order valence-corrected chi connectivity index (χ1v) is 23.9. The SMILES string of the molecule is CC/C=C\C/C=C\C/C=C\C/C=C\C/C=C\C/C=C\CCC(=O)O[C@H](COC(=O)CCCCCCCC1OC1C/C=C\CCCCC)COP(=O)([O-])OCC[N+](C)(C)C. The lowest BCUT2D eigenvalue weighted by molar-refractivity contribution is -0.870. The number of rotatable bonds is 38. The molecule has 3 unspecified atom stereocenters. The summed E-state index contributed by atoms with van der Waals surface area (Å²) in [6.45, 7) is 3.94. The van der Waals surface area contributed by atoms with Crippen molar-refractivity contribution in [2.45, 2.75) is 161 Å². The van der Waals surface area contributed by atoms with Gasteiger partial charge in [0.25, 0.3) is 7.82 Å². The molecule has 11 heteroatoms. The molecule has 59 heavy (non-hydrogen) atoms. The van der Waals surface area contributed by atoms with E-state index in [0.717, 1.165) is 83.5 Å². The molecule has 4 atom stereocenters. The molecule has 0 saturated carbocycles. The first-order valence-electron chi connectivity index (χ1n) is 22.4. The van der Waals surface area contributed by atoms with Crippen molar-refractivity contribution in [2.24, 2.45) is 0 Å². The summed E-state index contributed by atoms with van der Waals surface area (Å²) in [5.74, 6) is -0.965. The van der Waals surface area contributed by atoms with Gasteiger partial charge in [-0.2, -0.15) is 0 Å². The van der Waals surface area contributed by atoms with Gasteiger partial charge in [0.05, 0.1) is 40.0 Å². The molecule has 0 aromatic rings. The van der Waals surface area contributed by atoms with Gasteiger partial charge in [0.15, 0.2) is 6.10 Å². The number of phosphoric ester groups is 1. The second-order valence-electron chi connectivity index (χ2n) is 16.1. The summed E-state index contributed by atoms with van der Waals surface area (Å²) in [6.07, 6.45) is 47.9. The minimum Gasteiger partial charge on any atom is -0.756 e. The number of carbonyl (C=O) groups excluding carboxylic acids is 2. The van der Waals surface area contributed by atoms with Crippen molar-refractivity contribution in [2.75, 3.05) is 47.5 Å². The largest absolute Gasteiger partial charge is 0.756 e. The molecule has 1 fully saturated rings. The lowest BCUT2D eigenvalue weighted by atomic mass is 10.1. The van der Waals surface area contributed by atoms with Gasteiger partial charge in [-0.25, -0.2) is 0 Å². The van der Waals surface area contributed by atoms with Gasteiger partial charge in [-0.05, 0) is 77.0 Å². The van der Waals surface area contributed by atoms with Crippen LogP contribution < -0.4 is 4.89 Å². The Bertz CT molecular complexity index is 1340. The van der Waals surface area contributed by atoms with Crippen molar-refractivity contribution in [3.63, 3.8) is 0 Å². The lowest BCUT2D eigenvalue weighted by Gasteiger charge is -2.28. The first kappa shape index (κ1) is 54.2. The number of ether oxygens (including phenoxy) is 3. The second-order valence-corrected chi connectivity index (χ2v) is 17.5. The van der Waals surface area contributed by atoms with Gasteiger partial charge in [0.1, 0.15) is 19.8 Å². The molecule has 1 aliphatic rings. The Hall–Kier alpha value is -2.85. The van der Waals surface area contributed by atoms with E-state index < -0.39 is 32.5 Å². The van der Waals surface area contributed by atoms with E-state index in [1.54, 1.807) is 0 Å². The maximum atomic E-state index is 12.7. The van der Waals surface area contributed by atoms with E-state index in [1.807, 2.05) is 33.3 Å². The zero-order valence-electron chi connectivity index (χ0n) is 37.4. The van der Waals surface area contributed by atoms with Crippen LogP contribution in [0.5, 0.6) is 0 Å². The molecule has 1 saturated heterocycles. The quantitative estimate of drug-likeness (QED) is 0.0149. The van der Waals surface area contributed by atoms with Crippen LogP contribution in [0, 0.1) is 0 Å². The highest BCUT2D eigenvalue weighted by molar-refractivity contribution is 7.45. The highest BCUT2D eigenvalue weighted by Crippen LogP contribution is 2.38. The fourth-order valence-corrected chi connectivity index (χ4v) is 6.47. The maximum Gasteiger partial charge on any atom is 0.306 e. The van der Waals surface area contributed by atoms with Crippen LogP contribution >= 0.6 is 7.82 Å². The van der Waals surface area contributed by atoms with Gasteiger partial charge in [0.2, 0.25) is 0 Å². The molecular weight excluding hydrogens is 766 g/mol. The Kier molecular flexibility index (Phi) is 32.9. The molecule has 0 aliphatic carbocycles. The van der Waals surface area contributed by atoms with Gasteiger partial charge in [-0.3, -0.25) is 14.2 Å². The molecule has 0 aromatic heterocycles. The zero-order chi connectivity index (χ0) is 43.3. The standard InChI is InChI=1S/C48H80NO9P/c1-6-8-10-12-14-15-16-17-18-19-20-21-22-23-24-25-26-30-35-39-48(51)57-44(43-56-59(52,53)55-41-40-49(3,4)5)42-54-47(50)38-34-31-27-29-33-37-46-45(58-46)36-32-28-13-11-9-7-2/h8,10,14-15,17-18,20-21,23-24,26,28,30,32,44-46H,6-7,9,11-13,16,19,22,25,27,29,31,33-43H2,1-5H3/b10-8-,15-14-,18-17-,21-20-,24-23-,30-26-,32-28-/t44-,45?,46?/m1/s1. The number of quaternary nitrogens is 1. The van der Waals surface area contributed by atoms with Gasteiger partial charge < -0.3 is 32.6 Å². The van der Waals surface area contributed by atoms with Crippen LogP contribution in [-0.4, -0.2) is 82.2 Å². The summed E-state index contributed by atoms with van der Waals surface area (Å²) >= 11 is 0. The number of likely N-dealkylation sites (N-methyl/N-ethyl adjacent to an activating group) is 1. The molecule has 1 aliphatic heterocycles. The van der Waals surface area contributed by atoms with Crippen LogP contribution in [0.1, 0.15) is 142 Å². The van der Waals surface area contributed by atoms with E-state index in [0.29, 0.717) is 36.1 Å². The molecule has 0 radical (unpaired) electrons. The van der Waals surface area contributed by atoms with Crippen LogP contribution in [0.15, 0.2) is 85.1 Å². The average Bonchev–Trinajstić information content (AvgIpc) is 3.94. The molecule has 1 rings (SSSR count). The summed E-state index contributed by atoms with van der Waals surface area (Å²) in [6, 6.07) is 0. The summed E-state index contributed by atoms with van der Waals surface area (Å²) < 4.78 is 39.6. The van der Waals surface area contributed by atoms with Gasteiger partial charge in [-0.15, -0.1) is 0 Å². The zero-order valence-corrected chi connectivity index (χ0v) is 38.2. The number of nitrogens with zero attached hydrogens (tertiary/aromatic N) is 1. The molecule has 0 aromatic carbocycles. The third-order valence-electron chi connectivity index (χ3n) is 9.34. The Labute approximate surface area is 358 Å². The lowest BCUT2D eigenvalue weighted by Crippen LogP contribution is -2.37. The fourth-order valence-electron chi connectivity index (χ4n) is 5.74. The first-order chi connectivity index (χ1) is 28.5. The van der Waals surface area contributed by atoms with Crippen molar-refractivity contribution in [1.82, 2.24) is 0 Å². The fraction of sp³-hybridized carbons (Fsp3) is 0.667. The number of carbonyl (C=O) groups is 2. The van der Waals surface area contributed by atoms with E-state index in [-0.39, 0.29) is 26.1 Å². The van der Waals surface area contributed by atoms with E-state index in [2.05, 4.69) is 86.8 Å². The highest BCUT2D eigenvalue weighted by Gasteiger charge is 2.36. The Balaban J connectivity index is 2.35. The number of allylic oxidation sites excluding steroid dienone is 13. The van der Waals surface area contributed by atoms with E-state index >= 15 is 0 Å². The van der Waals surface area contributed by atoms with Crippen LogP contribution in [0.3, 0.4) is 0 Å². The minimum absolute atomic E-state index is 0.0542. The summed E-state index contributed by atoms with van der Waals surface area (Å²) in [5.41, 5.74) is 0. The smallest absolute Gasteiger partial charge is 0.306 e. The van der Waals surface area contributed by atoms with Crippen molar-refractivity contribution >= 4 is 19.8 Å². The van der Waals surface area contributed by atoms with Gasteiger partial charge in [0, 0.05) is 12.8 Å². The highest BCUT2D eigenvalue weighted by atomic mass is 31.2. The molecule has 10 nitrogen and oxygen atoms in total. The molecule has 336 valence electrons. The van der Waals surface area contributed by atoms with Gasteiger partial charge >= 0.3 is 11.9 Å². The van der Waals surface area contributed by atoms with E-state index in [9.17, 15) is 19.0 Å². The Morgan fingerprint density at radius 2 is 1.22 bits per heavy atom. The maximum absolute atomic E-state index is 12.7. The summed E-state index contributed by atoms with van der Waals surface area (Å²) in [4.78, 5) is 37.6. The third kappa shape index (κ3) is 36.7. The number of esters is 2. The number of hydrogen-bond donors (Lipinski definition) is 0. The topological polar surface area (TPSA) is 124 Å². The van der Waals surface area contributed by atoms with E-state index in [4.69, 9.17) is 23.3 Å². The number of phosphoric acid groups is 1. The van der Waals surface area contributed by atoms with Crippen molar-refractivity contribution in [3.05, 3.63) is 85.1 Å². The Morgan fingerprint density at radius 1 is 0.644 bits per heavy atom. The molecule has 0 bridgehead atoms. The molecule has 0 spiro atoms. The van der Waals surface area contributed by atoms with Crippen molar-refractivity contribution < 1.29 is 46.8 Å². The average molecular weight is 846 g/mol. The normalized spacial score (nSPS) is 17.8. The molecule has 0 N–H and O–H groups in total. The predicted molar refractivity (Wildman–Crippen MR) is 240 cm³/mol. The summed E-state index contributed by atoms with van der Waals surface area (Å²) in [7, 11) is 1.09.